The fraction of sp³-hybridized carbons (Fsp3) is 0.310. The highest BCUT2D eigenvalue weighted by Crippen LogP contribution is 2.19. The molecule has 2 amide bonds. The Kier molecular flexibility index (Phi) is 9.39. The van der Waals surface area contributed by atoms with Crippen molar-refractivity contribution in [3.8, 4) is 0 Å². The maximum atomic E-state index is 14.6. The average Bonchev–Trinajstić information content (AvgIpc) is 2.84. The quantitative estimate of drug-likeness (QED) is 0.398. The summed E-state index contributed by atoms with van der Waals surface area (Å²) in [6.07, 6.45) is 2.31. The van der Waals surface area contributed by atoms with Gasteiger partial charge in [0.15, 0.2) is 0 Å². The summed E-state index contributed by atoms with van der Waals surface area (Å²) in [7, 11) is 0. The number of hydrogen-bond acceptors (Lipinski definition) is 2. The number of benzene rings is 3. The Bertz CT molecular complexity index is 1080. The van der Waals surface area contributed by atoms with Crippen LogP contribution < -0.4 is 5.32 Å². The molecular formula is C29H33FN2O2. The SMILES string of the molecule is CCCCNC(=O)[C@H](Cc1ccccc1)N(Cc1ccccc1F)C(=O)Cc1ccccc1C. The summed E-state index contributed by atoms with van der Waals surface area (Å²) in [5, 5.41) is 2.99. The molecule has 0 saturated carbocycles. The molecule has 0 aromatic heterocycles. The molecule has 0 heterocycles. The van der Waals surface area contributed by atoms with Crippen molar-refractivity contribution in [2.75, 3.05) is 6.54 Å². The van der Waals surface area contributed by atoms with Crippen LogP contribution in [0, 0.1) is 12.7 Å². The van der Waals surface area contributed by atoms with E-state index < -0.39 is 6.04 Å². The summed E-state index contributed by atoms with van der Waals surface area (Å²) in [4.78, 5) is 28.6. The van der Waals surface area contributed by atoms with Crippen molar-refractivity contribution in [1.82, 2.24) is 10.2 Å². The molecule has 178 valence electrons. The normalized spacial score (nSPS) is 11.6. The van der Waals surface area contributed by atoms with Crippen molar-refractivity contribution in [2.45, 2.75) is 52.1 Å². The Morgan fingerprint density at radius 3 is 2.24 bits per heavy atom. The van der Waals surface area contributed by atoms with E-state index in [0.717, 1.165) is 29.5 Å². The van der Waals surface area contributed by atoms with Crippen molar-refractivity contribution in [1.29, 1.82) is 0 Å². The van der Waals surface area contributed by atoms with Gasteiger partial charge in [0.05, 0.1) is 6.42 Å². The van der Waals surface area contributed by atoms with Crippen LogP contribution >= 0.6 is 0 Å². The zero-order valence-corrected chi connectivity index (χ0v) is 20.0. The van der Waals surface area contributed by atoms with Crippen LogP contribution in [0.25, 0.3) is 0 Å². The Morgan fingerprint density at radius 2 is 1.56 bits per heavy atom. The molecule has 0 radical (unpaired) electrons. The summed E-state index contributed by atoms with van der Waals surface area (Å²) in [5.74, 6) is -0.808. The molecule has 0 bridgehead atoms. The first-order chi connectivity index (χ1) is 16.5. The molecule has 0 aliphatic rings. The number of carbonyl (C=O) groups excluding carboxylic acids is 2. The summed E-state index contributed by atoms with van der Waals surface area (Å²) in [6, 6.07) is 23.0. The van der Waals surface area contributed by atoms with Gasteiger partial charge in [0, 0.05) is 25.1 Å². The van der Waals surface area contributed by atoms with E-state index in [9.17, 15) is 14.0 Å². The van der Waals surface area contributed by atoms with Crippen molar-refractivity contribution >= 4 is 11.8 Å². The average molecular weight is 461 g/mol. The second-order valence-corrected chi connectivity index (χ2v) is 8.57. The zero-order chi connectivity index (χ0) is 24.3. The van der Waals surface area contributed by atoms with Gasteiger partial charge >= 0.3 is 0 Å². The van der Waals surface area contributed by atoms with E-state index in [1.54, 1.807) is 23.1 Å². The topological polar surface area (TPSA) is 49.4 Å². The number of aryl methyl sites for hydroxylation is 1. The van der Waals surface area contributed by atoms with Crippen LogP contribution in [0.4, 0.5) is 4.39 Å². The maximum Gasteiger partial charge on any atom is 0.243 e. The number of hydrogen-bond donors (Lipinski definition) is 1. The predicted octanol–water partition coefficient (Wildman–Crippen LogP) is 5.23. The summed E-state index contributed by atoms with van der Waals surface area (Å²) < 4.78 is 14.6. The molecule has 0 aliphatic carbocycles. The van der Waals surface area contributed by atoms with E-state index in [0.29, 0.717) is 18.5 Å². The van der Waals surface area contributed by atoms with Crippen LogP contribution in [-0.2, 0) is 29.0 Å². The number of nitrogens with one attached hydrogen (secondary N) is 1. The Labute approximate surface area is 201 Å². The van der Waals surface area contributed by atoms with Gasteiger partial charge in [-0.3, -0.25) is 9.59 Å². The molecular weight excluding hydrogens is 427 g/mol. The lowest BCUT2D eigenvalue weighted by Crippen LogP contribution is -2.51. The largest absolute Gasteiger partial charge is 0.354 e. The first-order valence-corrected chi connectivity index (χ1v) is 11.9. The van der Waals surface area contributed by atoms with Gasteiger partial charge in [0.2, 0.25) is 11.8 Å². The van der Waals surface area contributed by atoms with Gasteiger partial charge in [-0.2, -0.15) is 0 Å². The Balaban J connectivity index is 1.96. The molecule has 0 fully saturated rings. The van der Waals surface area contributed by atoms with E-state index in [1.165, 1.54) is 6.07 Å². The van der Waals surface area contributed by atoms with E-state index in [2.05, 4.69) is 12.2 Å². The lowest BCUT2D eigenvalue weighted by atomic mass is 10.00. The van der Waals surface area contributed by atoms with E-state index >= 15 is 0 Å². The molecule has 1 atom stereocenters. The maximum absolute atomic E-state index is 14.6. The number of carbonyl (C=O) groups is 2. The second kappa shape index (κ2) is 12.7. The van der Waals surface area contributed by atoms with Crippen molar-refractivity contribution in [3.63, 3.8) is 0 Å². The third-order valence-electron chi connectivity index (χ3n) is 6.00. The first-order valence-electron chi connectivity index (χ1n) is 11.9. The van der Waals surface area contributed by atoms with E-state index in [1.807, 2.05) is 61.5 Å². The first kappa shape index (κ1) is 25.2. The number of unbranched alkanes of at least 4 members (excludes halogenated alkanes) is 1. The van der Waals surface area contributed by atoms with Gasteiger partial charge < -0.3 is 10.2 Å². The van der Waals surface area contributed by atoms with Gasteiger partial charge in [-0.25, -0.2) is 4.39 Å². The highest BCUT2D eigenvalue weighted by molar-refractivity contribution is 5.89. The molecule has 34 heavy (non-hydrogen) atoms. The molecule has 3 aromatic rings. The summed E-state index contributed by atoms with van der Waals surface area (Å²) in [5.41, 5.74) is 3.24. The molecule has 3 aromatic carbocycles. The number of amides is 2. The lowest BCUT2D eigenvalue weighted by molar-refractivity contribution is -0.140. The molecule has 0 saturated heterocycles. The second-order valence-electron chi connectivity index (χ2n) is 8.57. The molecule has 0 unspecified atom stereocenters. The van der Waals surface area contributed by atoms with Gasteiger partial charge in [-0.1, -0.05) is 86.1 Å². The standard InChI is InChI=1S/C29H33FN2O2/c1-3-4-18-31-29(34)27(19-23-13-6-5-7-14-23)32(21-25-16-10-11-17-26(25)30)28(33)20-24-15-9-8-12-22(24)2/h5-17,27H,3-4,18-21H2,1-2H3,(H,31,34)/t27-/m0/s1. The minimum absolute atomic E-state index is 0.0239. The zero-order valence-electron chi connectivity index (χ0n) is 20.0. The van der Waals surface area contributed by atoms with Gasteiger partial charge in [0.25, 0.3) is 0 Å². The van der Waals surface area contributed by atoms with E-state index in [-0.39, 0.29) is 30.6 Å². The fourth-order valence-electron chi connectivity index (χ4n) is 3.94. The third-order valence-corrected chi connectivity index (χ3v) is 6.00. The Hall–Kier alpha value is -3.47. The van der Waals surface area contributed by atoms with Crippen LogP contribution in [0.2, 0.25) is 0 Å². The molecule has 3 rings (SSSR count). The van der Waals surface area contributed by atoms with Crippen LogP contribution in [0.5, 0.6) is 0 Å². The molecule has 5 heteroatoms. The monoisotopic (exact) mass is 460 g/mol. The van der Waals surface area contributed by atoms with Crippen LogP contribution in [0.3, 0.4) is 0 Å². The van der Waals surface area contributed by atoms with Crippen LogP contribution in [0.15, 0.2) is 78.9 Å². The highest BCUT2D eigenvalue weighted by atomic mass is 19.1. The lowest BCUT2D eigenvalue weighted by Gasteiger charge is -2.32. The molecule has 1 N–H and O–H groups in total. The van der Waals surface area contributed by atoms with Crippen molar-refractivity contribution in [3.05, 3.63) is 107 Å². The van der Waals surface area contributed by atoms with Gasteiger partial charge in [-0.05, 0) is 36.1 Å². The smallest absolute Gasteiger partial charge is 0.243 e. The number of nitrogens with zero attached hydrogens (tertiary/aromatic N) is 1. The van der Waals surface area contributed by atoms with Gasteiger partial charge in [-0.15, -0.1) is 0 Å². The predicted molar refractivity (Wildman–Crippen MR) is 134 cm³/mol. The molecule has 4 nitrogen and oxygen atoms in total. The Morgan fingerprint density at radius 1 is 0.912 bits per heavy atom. The summed E-state index contributed by atoms with van der Waals surface area (Å²) in [6.45, 7) is 4.59. The molecule has 0 aliphatic heterocycles. The van der Waals surface area contributed by atoms with Crippen molar-refractivity contribution in [2.24, 2.45) is 0 Å². The van der Waals surface area contributed by atoms with Crippen LogP contribution in [-0.4, -0.2) is 29.3 Å². The number of halogens is 1. The van der Waals surface area contributed by atoms with Gasteiger partial charge in [0.1, 0.15) is 11.9 Å². The third kappa shape index (κ3) is 7.01. The number of rotatable bonds is 11. The summed E-state index contributed by atoms with van der Waals surface area (Å²) >= 11 is 0. The fourth-order valence-corrected chi connectivity index (χ4v) is 3.94. The van der Waals surface area contributed by atoms with Crippen molar-refractivity contribution < 1.29 is 14.0 Å². The highest BCUT2D eigenvalue weighted by Gasteiger charge is 2.31. The minimum Gasteiger partial charge on any atom is -0.354 e. The van der Waals surface area contributed by atoms with E-state index in [4.69, 9.17) is 0 Å². The minimum atomic E-state index is -0.754. The molecule has 0 spiro atoms. The van der Waals surface area contributed by atoms with Crippen LogP contribution in [0.1, 0.15) is 42.0 Å².